The van der Waals surface area contributed by atoms with Crippen molar-refractivity contribution in [3.63, 3.8) is 0 Å². The van der Waals surface area contributed by atoms with E-state index in [4.69, 9.17) is 16.3 Å². The van der Waals surface area contributed by atoms with Crippen molar-refractivity contribution in [2.75, 3.05) is 39.8 Å². The highest BCUT2D eigenvalue weighted by molar-refractivity contribution is 6.30. The van der Waals surface area contributed by atoms with E-state index in [1.54, 1.807) is 4.90 Å². The van der Waals surface area contributed by atoms with Crippen molar-refractivity contribution >= 4 is 17.5 Å². The predicted molar refractivity (Wildman–Crippen MR) is 73.7 cm³/mol. The molecule has 2 atom stereocenters. The Balaban J connectivity index is 1.70. The maximum Gasteiger partial charge on any atom is 0.291 e. The summed E-state index contributed by atoms with van der Waals surface area (Å²) in [6, 6.07) is 0. The number of rotatable bonds is 1. The van der Waals surface area contributed by atoms with Crippen LogP contribution in [0.2, 0.25) is 5.02 Å². The van der Waals surface area contributed by atoms with E-state index in [2.05, 4.69) is 21.9 Å². The Hall–Kier alpha value is -1.24. The lowest BCUT2D eigenvalue weighted by molar-refractivity contribution is 0.0485. The first-order valence-electron chi connectivity index (χ1n) is 6.70. The van der Waals surface area contributed by atoms with E-state index in [0.717, 1.165) is 19.7 Å². The number of carbonyl (C=O) groups is 1. The number of likely N-dealkylation sites (tertiary alicyclic amines) is 1. The van der Waals surface area contributed by atoms with Gasteiger partial charge in [0.15, 0.2) is 0 Å². The molecule has 0 aromatic carbocycles. The van der Waals surface area contributed by atoms with Crippen LogP contribution in [0.25, 0.3) is 0 Å². The van der Waals surface area contributed by atoms with Crippen LogP contribution < -0.4 is 0 Å². The topological polar surface area (TPSA) is 58.6 Å². The van der Waals surface area contributed by atoms with Gasteiger partial charge in [0.25, 0.3) is 5.91 Å². The summed E-state index contributed by atoms with van der Waals surface area (Å²) in [7, 11) is 2.08. The molecule has 0 aliphatic carbocycles. The van der Waals surface area contributed by atoms with E-state index in [1.807, 2.05) is 0 Å². The molecule has 20 heavy (non-hydrogen) atoms. The molecular weight excluding hydrogens is 280 g/mol. The molecule has 1 amide bonds. The number of fused-ring (bicyclic) bond motifs is 1. The number of halogens is 1. The lowest BCUT2D eigenvalue weighted by atomic mass is 10.1. The zero-order valence-electron chi connectivity index (χ0n) is 11.3. The summed E-state index contributed by atoms with van der Waals surface area (Å²) in [5.74, 6) is 0.402. The van der Waals surface area contributed by atoms with Crippen LogP contribution in [-0.4, -0.2) is 71.6 Å². The van der Waals surface area contributed by atoms with Crippen molar-refractivity contribution in [3.8, 4) is 0 Å². The van der Waals surface area contributed by atoms with Gasteiger partial charge in [-0.1, -0.05) is 11.6 Å². The fourth-order valence-corrected chi connectivity index (χ4v) is 2.88. The lowest BCUT2D eigenvalue weighted by Crippen LogP contribution is -2.33. The number of aromatic nitrogens is 2. The normalized spacial score (nSPS) is 27.2. The molecule has 0 spiro atoms. The average Bonchev–Trinajstić information content (AvgIpc) is 2.74. The highest BCUT2D eigenvalue weighted by Gasteiger charge is 2.38. The molecular formula is C13H17ClN4O2. The molecule has 0 saturated carbocycles. The van der Waals surface area contributed by atoms with Crippen molar-refractivity contribution in [3.05, 3.63) is 23.2 Å². The van der Waals surface area contributed by atoms with Crippen LogP contribution in [0.4, 0.5) is 0 Å². The van der Waals surface area contributed by atoms with E-state index in [-0.39, 0.29) is 17.8 Å². The SMILES string of the molecule is CN1CCO[C@@H]2CN(C(=O)c3ncc(Cl)cn3)C[C@@H]2C1. The molecule has 0 bridgehead atoms. The van der Waals surface area contributed by atoms with Crippen molar-refractivity contribution in [2.45, 2.75) is 6.10 Å². The summed E-state index contributed by atoms with van der Waals surface area (Å²) in [5.41, 5.74) is 0. The van der Waals surface area contributed by atoms with Gasteiger partial charge in [-0.05, 0) is 7.05 Å². The van der Waals surface area contributed by atoms with Gasteiger partial charge in [-0.2, -0.15) is 0 Å². The molecule has 1 aromatic rings. The Morgan fingerprint density at radius 2 is 2.10 bits per heavy atom. The second-order valence-corrected chi connectivity index (χ2v) is 5.80. The smallest absolute Gasteiger partial charge is 0.291 e. The molecule has 2 fully saturated rings. The highest BCUT2D eigenvalue weighted by Crippen LogP contribution is 2.24. The first kappa shape index (κ1) is 13.7. The molecule has 0 N–H and O–H groups in total. The van der Waals surface area contributed by atoms with Crippen molar-refractivity contribution in [1.82, 2.24) is 19.8 Å². The van der Waals surface area contributed by atoms with Gasteiger partial charge in [-0.15, -0.1) is 0 Å². The van der Waals surface area contributed by atoms with Crippen LogP contribution >= 0.6 is 11.6 Å². The van der Waals surface area contributed by atoms with Gasteiger partial charge >= 0.3 is 0 Å². The monoisotopic (exact) mass is 296 g/mol. The highest BCUT2D eigenvalue weighted by atomic mass is 35.5. The second kappa shape index (κ2) is 5.63. The number of carbonyl (C=O) groups excluding carboxylic acids is 1. The van der Waals surface area contributed by atoms with Crippen molar-refractivity contribution in [2.24, 2.45) is 5.92 Å². The average molecular weight is 297 g/mol. The third kappa shape index (κ3) is 2.77. The summed E-state index contributed by atoms with van der Waals surface area (Å²) in [6.07, 6.45) is 3.01. The molecule has 3 rings (SSSR count). The third-order valence-corrected chi connectivity index (χ3v) is 4.03. The van der Waals surface area contributed by atoms with E-state index in [9.17, 15) is 4.79 Å². The Kier molecular flexibility index (Phi) is 3.87. The molecule has 1 aromatic heterocycles. The summed E-state index contributed by atoms with van der Waals surface area (Å²) < 4.78 is 5.84. The fourth-order valence-electron chi connectivity index (χ4n) is 2.79. The van der Waals surface area contributed by atoms with Crippen LogP contribution in [-0.2, 0) is 4.74 Å². The quantitative estimate of drug-likeness (QED) is 0.757. The van der Waals surface area contributed by atoms with E-state index < -0.39 is 0 Å². The van der Waals surface area contributed by atoms with E-state index >= 15 is 0 Å². The summed E-state index contributed by atoms with van der Waals surface area (Å²) in [4.78, 5) is 24.4. The molecule has 7 heteroatoms. The Bertz CT molecular complexity index is 496. The summed E-state index contributed by atoms with van der Waals surface area (Å²) in [5, 5.41) is 0.429. The summed E-state index contributed by atoms with van der Waals surface area (Å²) in [6.45, 7) is 3.93. The fraction of sp³-hybridized carbons (Fsp3) is 0.615. The van der Waals surface area contributed by atoms with Gasteiger partial charge in [-0.3, -0.25) is 4.79 Å². The first-order valence-corrected chi connectivity index (χ1v) is 7.08. The molecule has 108 valence electrons. The molecule has 6 nitrogen and oxygen atoms in total. The molecule has 0 radical (unpaired) electrons. The molecule has 2 aliphatic rings. The number of hydrogen-bond acceptors (Lipinski definition) is 5. The molecule has 3 heterocycles. The van der Waals surface area contributed by atoms with Gasteiger partial charge in [0.2, 0.25) is 5.82 Å². The summed E-state index contributed by atoms with van der Waals surface area (Å²) >= 11 is 5.73. The first-order chi connectivity index (χ1) is 9.63. The number of amides is 1. The third-order valence-electron chi connectivity index (χ3n) is 3.83. The molecule has 0 unspecified atom stereocenters. The standard InChI is InChI=1S/C13H17ClN4O2/c1-17-2-3-20-11-8-18(7-9(11)6-17)13(19)12-15-4-10(14)5-16-12/h4-5,9,11H,2-3,6-8H2,1H3/t9-,11+/m0/s1. The van der Waals surface area contributed by atoms with Gasteiger partial charge in [-0.25, -0.2) is 9.97 Å². The zero-order chi connectivity index (χ0) is 14.1. The number of ether oxygens (including phenoxy) is 1. The van der Waals surface area contributed by atoms with Crippen LogP contribution in [0.3, 0.4) is 0 Å². The molecule has 2 aliphatic heterocycles. The molecule has 2 saturated heterocycles. The van der Waals surface area contributed by atoms with Crippen LogP contribution in [0.5, 0.6) is 0 Å². The van der Waals surface area contributed by atoms with Gasteiger partial charge in [0.1, 0.15) is 0 Å². The lowest BCUT2D eigenvalue weighted by Gasteiger charge is -2.18. The number of likely N-dealkylation sites (N-methyl/N-ethyl adjacent to an activating group) is 1. The minimum Gasteiger partial charge on any atom is -0.375 e. The van der Waals surface area contributed by atoms with Gasteiger partial charge in [0, 0.05) is 44.5 Å². The second-order valence-electron chi connectivity index (χ2n) is 5.37. The number of nitrogens with zero attached hydrogens (tertiary/aromatic N) is 4. The van der Waals surface area contributed by atoms with Crippen LogP contribution in [0.15, 0.2) is 12.4 Å². The van der Waals surface area contributed by atoms with Crippen molar-refractivity contribution in [1.29, 1.82) is 0 Å². The number of hydrogen-bond donors (Lipinski definition) is 0. The Morgan fingerprint density at radius 1 is 1.35 bits per heavy atom. The predicted octanol–water partition coefficient (Wildman–Crippen LogP) is 0.533. The Morgan fingerprint density at radius 3 is 2.85 bits per heavy atom. The maximum atomic E-state index is 12.4. The van der Waals surface area contributed by atoms with Crippen LogP contribution in [0.1, 0.15) is 10.6 Å². The van der Waals surface area contributed by atoms with Gasteiger partial charge in [0.05, 0.1) is 17.7 Å². The van der Waals surface area contributed by atoms with Crippen LogP contribution in [0, 0.1) is 5.92 Å². The maximum absolute atomic E-state index is 12.4. The minimum absolute atomic E-state index is 0.121. The largest absolute Gasteiger partial charge is 0.375 e. The Labute approximate surface area is 122 Å². The minimum atomic E-state index is -0.152. The van der Waals surface area contributed by atoms with E-state index in [0.29, 0.717) is 24.0 Å². The zero-order valence-corrected chi connectivity index (χ0v) is 12.1. The van der Waals surface area contributed by atoms with Gasteiger partial charge < -0.3 is 14.5 Å². The van der Waals surface area contributed by atoms with E-state index in [1.165, 1.54) is 12.4 Å². The van der Waals surface area contributed by atoms with Crippen molar-refractivity contribution < 1.29 is 9.53 Å².